The van der Waals surface area contributed by atoms with E-state index in [2.05, 4.69) is 30.0 Å². The summed E-state index contributed by atoms with van der Waals surface area (Å²) in [6.45, 7) is 2.82. The molecule has 2 aliphatic heterocycles. The van der Waals surface area contributed by atoms with Crippen molar-refractivity contribution in [2.45, 2.75) is 44.1 Å². The first-order chi connectivity index (χ1) is 18.6. The molecule has 5 aromatic rings. The van der Waals surface area contributed by atoms with E-state index in [1.807, 2.05) is 0 Å². The Labute approximate surface area is 224 Å². The van der Waals surface area contributed by atoms with Gasteiger partial charge < -0.3 is 0 Å². The van der Waals surface area contributed by atoms with Crippen LogP contribution in [0.1, 0.15) is 30.4 Å². The van der Waals surface area contributed by atoms with Crippen LogP contribution in [0.5, 0.6) is 11.9 Å². The Kier molecular flexibility index (Phi) is 5.46. The number of pyridine rings is 1. The van der Waals surface area contributed by atoms with Gasteiger partial charge in [-0.25, -0.2) is 0 Å². The summed E-state index contributed by atoms with van der Waals surface area (Å²) in [6, 6.07) is 3.06. The van der Waals surface area contributed by atoms with Crippen molar-refractivity contribution >= 4 is 44.8 Å². The molecule has 7 rings (SSSR count). The van der Waals surface area contributed by atoms with Crippen LogP contribution in [0.2, 0.25) is 0 Å². The minimum atomic E-state index is -4.62. The third-order valence-electron chi connectivity index (χ3n) is 7.90. The van der Waals surface area contributed by atoms with E-state index in [1.54, 1.807) is 6.07 Å². The second-order valence-corrected chi connectivity index (χ2v) is 12.4. The predicted molar refractivity (Wildman–Crippen MR) is 137 cm³/mol. The van der Waals surface area contributed by atoms with E-state index in [-0.39, 0.29) is 35.3 Å². The molecule has 0 saturated carbocycles. The summed E-state index contributed by atoms with van der Waals surface area (Å²) < 4.78 is 64.1. The molecule has 0 aliphatic carbocycles. The number of rotatable bonds is 4. The standard InChI is InChI=1S/C26H22F4N6O2Se/c1-12-7-16-15(9-32-35-16)17(19(12)26(28,29)30)20-21-14(3-5-31-20)18-22(37)33-24(34-23(18)39-21)38-11-25-4-2-6-36(25)10-13(27)8-25/h3,5,7,9,13H,2,4,6,8,10-11H2,1H3,(H,32,35)(H,33,34,37)/t13-,25+/m1/s1. The van der Waals surface area contributed by atoms with Crippen molar-refractivity contribution in [2.75, 3.05) is 19.7 Å². The molecular formula is C26H22F4N6O2Se. The molecule has 2 N–H and O–H groups in total. The van der Waals surface area contributed by atoms with E-state index in [1.165, 1.54) is 25.4 Å². The molecule has 2 saturated heterocycles. The average molecular weight is 605 g/mol. The number of ether oxygens (including phenoxy) is 1. The van der Waals surface area contributed by atoms with Gasteiger partial charge in [0.05, 0.1) is 0 Å². The van der Waals surface area contributed by atoms with E-state index in [0.29, 0.717) is 43.3 Å². The van der Waals surface area contributed by atoms with Crippen molar-refractivity contribution in [1.29, 1.82) is 0 Å². The molecule has 0 amide bonds. The molecule has 13 heteroatoms. The number of benzene rings is 1. The van der Waals surface area contributed by atoms with Crippen molar-refractivity contribution in [2.24, 2.45) is 0 Å². The molecule has 2 fully saturated rings. The molecule has 2 atom stereocenters. The second kappa shape index (κ2) is 8.61. The van der Waals surface area contributed by atoms with Crippen molar-refractivity contribution in [3.8, 4) is 23.1 Å². The van der Waals surface area contributed by atoms with Gasteiger partial charge in [0.1, 0.15) is 0 Å². The van der Waals surface area contributed by atoms with Gasteiger partial charge in [0.25, 0.3) is 0 Å². The van der Waals surface area contributed by atoms with Gasteiger partial charge in [-0.05, 0) is 0 Å². The van der Waals surface area contributed by atoms with Gasteiger partial charge in [-0.2, -0.15) is 0 Å². The van der Waals surface area contributed by atoms with Crippen molar-refractivity contribution in [3.05, 3.63) is 35.7 Å². The van der Waals surface area contributed by atoms with Crippen LogP contribution in [0, 0.1) is 6.92 Å². The number of alkyl halides is 4. The number of fused-ring (bicyclic) bond motifs is 5. The quantitative estimate of drug-likeness (QED) is 0.225. The number of aryl methyl sites for hydroxylation is 1. The molecule has 1 aromatic carbocycles. The van der Waals surface area contributed by atoms with Crippen LogP contribution in [0.4, 0.5) is 17.6 Å². The van der Waals surface area contributed by atoms with Crippen molar-refractivity contribution in [3.63, 3.8) is 0 Å². The Morgan fingerprint density at radius 2 is 2.13 bits per heavy atom. The summed E-state index contributed by atoms with van der Waals surface area (Å²) in [4.78, 5) is 15.2. The van der Waals surface area contributed by atoms with Gasteiger partial charge in [-0.15, -0.1) is 0 Å². The Morgan fingerprint density at radius 1 is 1.28 bits per heavy atom. The monoisotopic (exact) mass is 606 g/mol. The summed E-state index contributed by atoms with van der Waals surface area (Å²) >= 11 is -0.593. The van der Waals surface area contributed by atoms with E-state index < -0.39 is 38.0 Å². The number of nitrogens with zero attached hydrogens (tertiary/aromatic N) is 5. The van der Waals surface area contributed by atoms with Crippen LogP contribution < -0.4 is 4.74 Å². The molecule has 0 spiro atoms. The van der Waals surface area contributed by atoms with Crippen LogP contribution >= 0.6 is 0 Å². The minimum absolute atomic E-state index is 0.0252. The van der Waals surface area contributed by atoms with Gasteiger partial charge in [0.15, 0.2) is 0 Å². The SMILES string of the molecule is Cc1cc2[nH]ncc2c(-c2nccc3c2[se]c2nc(OC[C@@]45CCCN4C[C@H](F)C5)nc(O)c23)c1C(F)(F)F. The zero-order valence-electron chi connectivity index (χ0n) is 20.6. The molecule has 8 nitrogen and oxygen atoms in total. The maximum absolute atomic E-state index is 14.3. The Hall–Kier alpha value is -3.28. The number of H-pyrrole nitrogens is 1. The molecule has 39 heavy (non-hydrogen) atoms. The molecule has 6 heterocycles. The Morgan fingerprint density at radius 3 is 2.95 bits per heavy atom. The van der Waals surface area contributed by atoms with Crippen LogP contribution in [-0.2, 0) is 6.18 Å². The summed E-state index contributed by atoms with van der Waals surface area (Å²) in [7, 11) is 0. The number of halogens is 4. The number of nitrogens with one attached hydrogen (secondary N) is 1. The van der Waals surface area contributed by atoms with Crippen LogP contribution in [0.25, 0.3) is 41.6 Å². The number of aromatic amines is 1. The van der Waals surface area contributed by atoms with Gasteiger partial charge in [-0.3, -0.25) is 0 Å². The molecule has 0 bridgehead atoms. The van der Waals surface area contributed by atoms with Crippen LogP contribution in [0.3, 0.4) is 0 Å². The normalized spacial score (nSPS) is 21.9. The third-order valence-corrected chi connectivity index (χ3v) is 10.2. The first-order valence-corrected chi connectivity index (χ1v) is 14.2. The topological polar surface area (TPSA) is 100 Å². The molecule has 202 valence electrons. The first-order valence-electron chi connectivity index (χ1n) is 12.5. The Balaban J connectivity index is 1.36. The number of hydrogen-bond acceptors (Lipinski definition) is 7. The van der Waals surface area contributed by atoms with Crippen molar-refractivity contribution in [1.82, 2.24) is 30.0 Å². The summed E-state index contributed by atoms with van der Waals surface area (Å²) in [5, 5.41) is 18.9. The van der Waals surface area contributed by atoms with Gasteiger partial charge >= 0.3 is 225 Å². The van der Waals surface area contributed by atoms with Crippen LogP contribution in [-0.4, -0.2) is 81.1 Å². The van der Waals surface area contributed by atoms with Gasteiger partial charge in [0, 0.05) is 0 Å². The Bertz CT molecular complexity index is 1770. The fraction of sp³-hybridized carbons (Fsp3) is 0.385. The second-order valence-electron chi connectivity index (χ2n) is 10.3. The maximum atomic E-state index is 14.3. The third kappa shape index (κ3) is 3.81. The summed E-state index contributed by atoms with van der Waals surface area (Å²) in [5.41, 5.74) is -0.528. The molecule has 0 unspecified atom stereocenters. The number of aromatic nitrogens is 5. The summed E-state index contributed by atoms with van der Waals surface area (Å²) in [6.07, 6.45) is -0.567. The van der Waals surface area contributed by atoms with Crippen LogP contribution in [0.15, 0.2) is 24.5 Å². The number of hydrogen-bond donors (Lipinski definition) is 2. The zero-order chi connectivity index (χ0) is 27.1. The fourth-order valence-electron chi connectivity index (χ4n) is 6.29. The van der Waals surface area contributed by atoms with Gasteiger partial charge in [-0.1, -0.05) is 0 Å². The van der Waals surface area contributed by atoms with E-state index >= 15 is 0 Å². The molecule has 4 aromatic heterocycles. The molecule has 0 radical (unpaired) electrons. The summed E-state index contributed by atoms with van der Waals surface area (Å²) in [5.74, 6) is -0.308. The van der Waals surface area contributed by atoms with E-state index in [0.717, 1.165) is 19.4 Å². The molecule has 2 aliphatic rings. The number of aromatic hydroxyl groups is 1. The van der Waals surface area contributed by atoms with E-state index in [9.17, 15) is 22.7 Å². The molecular weight excluding hydrogens is 583 g/mol. The van der Waals surface area contributed by atoms with Gasteiger partial charge in [0.2, 0.25) is 0 Å². The zero-order valence-corrected chi connectivity index (χ0v) is 22.4. The fourth-order valence-corrected chi connectivity index (χ4v) is 8.71. The first kappa shape index (κ1) is 24.7. The predicted octanol–water partition coefficient (Wildman–Crippen LogP) is 4.77. The van der Waals surface area contributed by atoms with E-state index in [4.69, 9.17) is 4.74 Å². The average Bonchev–Trinajstić information content (AvgIpc) is 3.62. The van der Waals surface area contributed by atoms with Crippen molar-refractivity contribution < 1.29 is 27.4 Å².